The van der Waals surface area contributed by atoms with Crippen LogP contribution in [0.3, 0.4) is 0 Å². The Morgan fingerprint density at radius 2 is 1.75 bits per heavy atom. The van der Waals surface area contributed by atoms with E-state index in [1.54, 1.807) is 27.2 Å². The van der Waals surface area contributed by atoms with Crippen LogP contribution in [-0.4, -0.2) is 166 Å². The molecular weight excluding hydrogens is 933 g/mol. The van der Waals surface area contributed by atoms with Crippen molar-refractivity contribution in [2.75, 3.05) is 73.2 Å². The molecule has 0 saturated carbocycles. The van der Waals surface area contributed by atoms with E-state index in [0.29, 0.717) is 44.8 Å². The first-order chi connectivity index (χ1) is 34.7. The van der Waals surface area contributed by atoms with E-state index in [0.717, 1.165) is 49.6 Å². The van der Waals surface area contributed by atoms with Crippen LogP contribution in [0.5, 0.6) is 0 Å². The van der Waals surface area contributed by atoms with Gasteiger partial charge in [-0.15, -0.1) is 0 Å². The van der Waals surface area contributed by atoms with Gasteiger partial charge in [0.05, 0.1) is 50.4 Å². The summed E-state index contributed by atoms with van der Waals surface area (Å²) in [5.41, 5.74) is 4.97. The molecule has 18 nitrogen and oxygen atoms in total. The average molecular weight is 1000 g/mol. The van der Waals surface area contributed by atoms with Crippen LogP contribution in [0.15, 0.2) is 60.8 Å². The molecule has 2 aromatic heterocycles. The van der Waals surface area contributed by atoms with E-state index in [1.807, 2.05) is 64.2 Å². The number of hydrogen-bond donors (Lipinski definition) is 4. The Bertz CT molecular complexity index is 2810. The summed E-state index contributed by atoms with van der Waals surface area (Å²) in [5.74, 6) is 1.57. The quantitative estimate of drug-likeness (QED) is 0.140. The molecule has 4 aromatic rings. The number of amides is 4. The summed E-state index contributed by atoms with van der Waals surface area (Å²) < 4.78 is 19.3. The third-order valence-electron chi connectivity index (χ3n) is 14.7. The molecule has 5 atom stereocenters. The lowest BCUT2D eigenvalue weighted by Crippen LogP contribution is -2.67. The highest BCUT2D eigenvalue weighted by Crippen LogP contribution is 2.41. The molecular formula is C55H70N8O10. The van der Waals surface area contributed by atoms with Gasteiger partial charge in [0, 0.05) is 94.7 Å². The third-order valence-corrected chi connectivity index (χ3v) is 14.7. The summed E-state index contributed by atoms with van der Waals surface area (Å²) in [6.45, 7) is 12.3. The molecule has 0 spiro atoms. The number of morpholine rings is 1. The molecule has 2 aromatic carbocycles. The van der Waals surface area contributed by atoms with Crippen molar-refractivity contribution in [2.45, 2.75) is 96.2 Å². The SMILES string of the molecule is CO[C@@H](C)c1ncccc1-c1c2c3cc(ccc3n1C)-c1cccc(c1)C[C@H](NC(=O)[C@H](C(C)C)N(C)C(=O)C1(O)CCN(C(=O)C#CCN3CCOCC3)C1)C(=O)N1CCC[C@@](O)(N1)C(=O)OCC(C)(C)C2. The Kier molecular flexibility index (Phi) is 15.8. The van der Waals surface area contributed by atoms with Crippen LogP contribution < -0.4 is 10.7 Å². The zero-order valence-electron chi connectivity index (χ0n) is 43.3. The number of fused-ring (bicyclic) bond motifs is 6. The number of cyclic esters (lactones) is 1. The van der Waals surface area contributed by atoms with E-state index in [2.05, 4.69) is 50.2 Å². The summed E-state index contributed by atoms with van der Waals surface area (Å²) in [5, 5.41) is 28.8. The molecule has 3 saturated heterocycles. The normalized spacial score (nSPS) is 23.5. The fourth-order valence-corrected chi connectivity index (χ4v) is 10.7. The van der Waals surface area contributed by atoms with Crippen molar-refractivity contribution in [1.82, 2.24) is 40.0 Å². The van der Waals surface area contributed by atoms with Crippen LogP contribution in [0.4, 0.5) is 0 Å². The standard InChI is InChI=1S/C55H70N8O10/c1-35(2)47(60(7)51(67)54(69)20-24-62(33-54)45(64)16-11-22-61-25-27-72-28-26-61)49(65)57-43-30-37-13-9-14-38(29-37)39-17-18-44-41(31-39)42(48(59(44)6)40-15-10-21-56-46(40)36(3)71-8)32-53(4,5)34-73-52(68)55(70)19-12-23-63(58-55)50(43)66/h9-10,13-15,17-18,21,29,31,35-36,43,47,58,69-70H,12,19-20,22-28,30,32-34H2,1-8H3,(H,57,65)/t36-,43-,47-,54?,55-/m0/s1. The minimum absolute atomic E-state index is 0.00579. The van der Waals surface area contributed by atoms with E-state index in [1.165, 1.54) is 16.8 Å². The predicted octanol–water partition coefficient (Wildman–Crippen LogP) is 3.37. The maximum absolute atomic E-state index is 14.8. The average Bonchev–Trinajstić information content (AvgIpc) is 3.91. The molecule has 0 radical (unpaired) electrons. The fourth-order valence-electron chi connectivity index (χ4n) is 10.7. The molecule has 0 aliphatic carbocycles. The number of likely N-dealkylation sites (tertiary alicyclic amines) is 1. The van der Waals surface area contributed by atoms with Gasteiger partial charge in [0.25, 0.3) is 17.7 Å². The first-order valence-corrected chi connectivity index (χ1v) is 25.3. The molecule has 4 amide bonds. The van der Waals surface area contributed by atoms with Crippen LogP contribution in [-0.2, 0) is 58.1 Å². The summed E-state index contributed by atoms with van der Waals surface area (Å²) in [6, 6.07) is 15.5. The number of hydrogen-bond acceptors (Lipinski definition) is 13. The van der Waals surface area contributed by atoms with Gasteiger partial charge in [-0.2, -0.15) is 5.43 Å². The van der Waals surface area contributed by atoms with Crippen LogP contribution >= 0.6 is 0 Å². The first kappa shape index (κ1) is 53.1. The number of nitrogens with one attached hydrogen (secondary N) is 2. The predicted molar refractivity (Wildman–Crippen MR) is 273 cm³/mol. The molecule has 73 heavy (non-hydrogen) atoms. The summed E-state index contributed by atoms with van der Waals surface area (Å²) >= 11 is 0. The highest BCUT2D eigenvalue weighted by Gasteiger charge is 2.49. The maximum Gasteiger partial charge on any atom is 0.355 e. The van der Waals surface area contributed by atoms with Crippen molar-refractivity contribution in [3.05, 3.63) is 77.6 Å². The number of aromatic nitrogens is 2. The second kappa shape index (κ2) is 21.7. The van der Waals surface area contributed by atoms with Gasteiger partial charge in [-0.25, -0.2) is 4.79 Å². The lowest BCUT2D eigenvalue weighted by atomic mass is 9.84. The number of nitrogens with zero attached hydrogens (tertiary/aromatic N) is 6. The number of aliphatic hydroxyl groups is 2. The van der Waals surface area contributed by atoms with Crippen molar-refractivity contribution >= 4 is 40.5 Å². The van der Waals surface area contributed by atoms with Gasteiger partial charge >= 0.3 is 5.97 Å². The maximum atomic E-state index is 14.8. The number of rotatable bonds is 9. The molecule has 6 bridgehead atoms. The van der Waals surface area contributed by atoms with Crippen molar-refractivity contribution in [1.29, 1.82) is 0 Å². The molecule has 4 N–H and O–H groups in total. The van der Waals surface area contributed by atoms with Gasteiger partial charge in [-0.3, -0.25) is 34.1 Å². The van der Waals surface area contributed by atoms with E-state index in [4.69, 9.17) is 19.2 Å². The third kappa shape index (κ3) is 11.3. The lowest BCUT2D eigenvalue weighted by Gasteiger charge is -2.40. The second-order valence-corrected chi connectivity index (χ2v) is 21.2. The summed E-state index contributed by atoms with van der Waals surface area (Å²) in [4.78, 5) is 80.3. The second-order valence-electron chi connectivity index (χ2n) is 21.2. The largest absolute Gasteiger partial charge is 0.462 e. The number of esters is 1. The summed E-state index contributed by atoms with van der Waals surface area (Å²) in [6.07, 6.45) is 2.06. The van der Waals surface area contributed by atoms with Crippen LogP contribution in [0.25, 0.3) is 33.3 Å². The van der Waals surface area contributed by atoms with Crippen LogP contribution in [0.1, 0.15) is 76.8 Å². The topological polar surface area (TPSA) is 208 Å². The van der Waals surface area contributed by atoms with Gasteiger partial charge in [0.1, 0.15) is 12.1 Å². The van der Waals surface area contributed by atoms with Crippen LogP contribution in [0, 0.1) is 23.2 Å². The number of methoxy groups -OCH3 is 1. The lowest BCUT2D eigenvalue weighted by molar-refractivity contribution is -0.189. The minimum Gasteiger partial charge on any atom is -0.462 e. The van der Waals surface area contributed by atoms with Gasteiger partial charge in [0.15, 0.2) is 5.60 Å². The number of carbonyl (C=O) groups is 5. The molecule has 4 aliphatic rings. The van der Waals surface area contributed by atoms with Crippen molar-refractivity contribution in [3.63, 3.8) is 0 Å². The molecule has 18 heteroatoms. The summed E-state index contributed by atoms with van der Waals surface area (Å²) in [7, 11) is 5.11. The highest BCUT2D eigenvalue weighted by molar-refractivity contribution is 5.98. The number of likely N-dealkylation sites (N-methyl/N-ethyl adjacent to an activating group) is 1. The molecule has 3 fully saturated rings. The molecule has 4 aliphatic heterocycles. The van der Waals surface area contributed by atoms with Crippen molar-refractivity contribution < 1.29 is 48.4 Å². The number of pyridine rings is 1. The van der Waals surface area contributed by atoms with E-state index < -0.39 is 64.3 Å². The first-order valence-electron chi connectivity index (χ1n) is 25.3. The Morgan fingerprint density at radius 1 is 1.00 bits per heavy atom. The number of benzene rings is 2. The number of carbonyl (C=O) groups excluding carboxylic acids is 5. The Hall–Kier alpha value is -6.20. The van der Waals surface area contributed by atoms with Crippen molar-refractivity contribution in [2.24, 2.45) is 18.4 Å². The van der Waals surface area contributed by atoms with Gasteiger partial charge in [0.2, 0.25) is 11.6 Å². The molecule has 8 rings (SSSR count). The van der Waals surface area contributed by atoms with Gasteiger partial charge in [-0.1, -0.05) is 63.9 Å². The minimum atomic E-state index is -2.27. The zero-order valence-corrected chi connectivity index (χ0v) is 43.3. The number of β-amino-alcohol motifs (C(OH)–C–C–N with tert-alkyl or cyclic N) is 1. The Morgan fingerprint density at radius 3 is 2.49 bits per heavy atom. The highest BCUT2D eigenvalue weighted by atomic mass is 16.6. The van der Waals surface area contributed by atoms with E-state index in [9.17, 15) is 34.2 Å². The number of aryl methyl sites for hydroxylation is 1. The molecule has 390 valence electrons. The van der Waals surface area contributed by atoms with Crippen LogP contribution in [0.2, 0.25) is 0 Å². The zero-order chi connectivity index (χ0) is 52.4. The number of hydrazine groups is 1. The smallest absolute Gasteiger partial charge is 0.355 e. The monoisotopic (exact) mass is 1000 g/mol. The Balaban J connectivity index is 1.11. The van der Waals surface area contributed by atoms with Crippen molar-refractivity contribution in [3.8, 4) is 34.2 Å². The Labute approximate surface area is 427 Å². The fraction of sp³-hybridized carbons (Fsp3) is 0.527. The molecule has 1 unspecified atom stereocenters. The van der Waals surface area contributed by atoms with E-state index in [-0.39, 0.29) is 58.0 Å². The number of ether oxygens (including phenoxy) is 3. The van der Waals surface area contributed by atoms with Gasteiger partial charge in [-0.05, 0) is 78.1 Å². The van der Waals surface area contributed by atoms with E-state index >= 15 is 0 Å². The molecule has 6 heterocycles. The van der Waals surface area contributed by atoms with Gasteiger partial charge < -0.3 is 44.1 Å².